The molecular weight excluding hydrogens is 162 g/mol. The Hall–Kier alpha value is -0.340. The van der Waals surface area contributed by atoms with Crippen molar-refractivity contribution in [2.24, 2.45) is 0 Å². The topological polar surface area (TPSA) is 12.5 Å². The van der Waals surface area contributed by atoms with Crippen LogP contribution in [0.4, 0.5) is 0 Å². The lowest BCUT2D eigenvalue weighted by Gasteiger charge is -2.20. The van der Waals surface area contributed by atoms with Gasteiger partial charge < -0.3 is 9.64 Å². The Balaban J connectivity index is 3.53. The highest BCUT2D eigenvalue weighted by atomic mass is 16.5. The van der Waals surface area contributed by atoms with E-state index in [4.69, 9.17) is 4.74 Å². The Morgan fingerprint density at radius 3 is 2.54 bits per heavy atom. The number of allylic oxidation sites excluding steroid dienone is 1. The van der Waals surface area contributed by atoms with Gasteiger partial charge in [0.05, 0.1) is 6.61 Å². The minimum Gasteiger partial charge on any atom is -0.383 e. The molecule has 0 aliphatic carbocycles. The lowest BCUT2D eigenvalue weighted by Crippen LogP contribution is -2.29. The van der Waals surface area contributed by atoms with E-state index in [2.05, 4.69) is 30.9 Å². The second kappa shape index (κ2) is 9.75. The van der Waals surface area contributed by atoms with Crippen LogP contribution in [-0.4, -0.2) is 38.3 Å². The van der Waals surface area contributed by atoms with Crippen molar-refractivity contribution in [1.29, 1.82) is 0 Å². The summed E-state index contributed by atoms with van der Waals surface area (Å²) in [5.74, 6) is 0. The minimum atomic E-state index is 0.843. The molecule has 0 saturated carbocycles. The summed E-state index contributed by atoms with van der Waals surface area (Å²) < 4.78 is 5.07. The van der Waals surface area contributed by atoms with Gasteiger partial charge in [0.1, 0.15) is 0 Å². The van der Waals surface area contributed by atoms with E-state index in [0.29, 0.717) is 0 Å². The molecule has 0 radical (unpaired) electrons. The molecule has 0 spiro atoms. The highest BCUT2D eigenvalue weighted by Crippen LogP contribution is 1.95. The lowest BCUT2D eigenvalue weighted by molar-refractivity contribution is 0.149. The number of hydrogen-bond donors (Lipinski definition) is 0. The van der Waals surface area contributed by atoms with E-state index in [1.54, 1.807) is 7.11 Å². The first kappa shape index (κ1) is 12.7. The molecule has 0 aliphatic heterocycles. The molecule has 0 aliphatic rings. The molecular formula is C11H23NO. The maximum absolute atomic E-state index is 5.07. The summed E-state index contributed by atoms with van der Waals surface area (Å²) in [6.07, 6.45) is 6.70. The fourth-order valence-corrected chi connectivity index (χ4v) is 1.30. The first-order valence-corrected chi connectivity index (χ1v) is 5.17. The fraction of sp³-hybridized carbons (Fsp3) is 0.818. The SMILES string of the molecule is C/C=C/CCN(CCC)CCOC. The van der Waals surface area contributed by atoms with Gasteiger partial charge in [-0.3, -0.25) is 0 Å². The van der Waals surface area contributed by atoms with Crippen molar-refractivity contribution in [3.63, 3.8) is 0 Å². The molecule has 2 heteroatoms. The molecule has 0 bridgehead atoms. The van der Waals surface area contributed by atoms with Crippen LogP contribution in [0.1, 0.15) is 26.7 Å². The number of rotatable bonds is 8. The highest BCUT2D eigenvalue weighted by molar-refractivity contribution is 4.78. The van der Waals surface area contributed by atoms with Gasteiger partial charge in [0.15, 0.2) is 0 Å². The molecule has 0 unspecified atom stereocenters. The number of ether oxygens (including phenoxy) is 1. The van der Waals surface area contributed by atoms with Crippen molar-refractivity contribution in [2.45, 2.75) is 26.7 Å². The van der Waals surface area contributed by atoms with Crippen LogP contribution in [0.25, 0.3) is 0 Å². The van der Waals surface area contributed by atoms with Gasteiger partial charge in [-0.1, -0.05) is 19.1 Å². The van der Waals surface area contributed by atoms with Gasteiger partial charge in [-0.2, -0.15) is 0 Å². The number of nitrogens with zero attached hydrogens (tertiary/aromatic N) is 1. The quantitative estimate of drug-likeness (QED) is 0.538. The van der Waals surface area contributed by atoms with Crippen LogP contribution in [0.5, 0.6) is 0 Å². The van der Waals surface area contributed by atoms with Crippen molar-refractivity contribution < 1.29 is 4.74 Å². The van der Waals surface area contributed by atoms with E-state index in [9.17, 15) is 0 Å². The second-order valence-electron chi connectivity index (χ2n) is 3.19. The maximum Gasteiger partial charge on any atom is 0.0589 e. The lowest BCUT2D eigenvalue weighted by atomic mass is 10.3. The fourth-order valence-electron chi connectivity index (χ4n) is 1.30. The molecule has 0 amide bonds. The largest absolute Gasteiger partial charge is 0.383 e. The summed E-state index contributed by atoms with van der Waals surface area (Å²) in [4.78, 5) is 2.45. The molecule has 0 rings (SSSR count). The number of methoxy groups -OCH3 is 1. The van der Waals surface area contributed by atoms with Crippen LogP contribution >= 0.6 is 0 Å². The Morgan fingerprint density at radius 1 is 1.23 bits per heavy atom. The standard InChI is InChI=1S/C11H23NO/c1-4-6-7-9-12(8-5-2)10-11-13-3/h4,6H,5,7-11H2,1-3H3/b6-4+. The Labute approximate surface area is 82.6 Å². The summed E-state index contributed by atoms with van der Waals surface area (Å²) in [5.41, 5.74) is 0. The molecule has 0 saturated heterocycles. The smallest absolute Gasteiger partial charge is 0.0589 e. The molecule has 2 nitrogen and oxygen atoms in total. The third kappa shape index (κ3) is 8.00. The van der Waals surface area contributed by atoms with Crippen LogP contribution in [0, 0.1) is 0 Å². The zero-order chi connectivity index (χ0) is 9.94. The molecule has 0 atom stereocenters. The van der Waals surface area contributed by atoms with Gasteiger partial charge in [-0.25, -0.2) is 0 Å². The molecule has 0 aromatic carbocycles. The van der Waals surface area contributed by atoms with Crippen LogP contribution in [0.3, 0.4) is 0 Å². The predicted octanol–water partition coefficient (Wildman–Crippen LogP) is 2.31. The van der Waals surface area contributed by atoms with Gasteiger partial charge in [0.2, 0.25) is 0 Å². The number of hydrogen-bond acceptors (Lipinski definition) is 2. The van der Waals surface area contributed by atoms with E-state index in [-0.39, 0.29) is 0 Å². The van der Waals surface area contributed by atoms with Crippen LogP contribution in [0.2, 0.25) is 0 Å². The molecule has 0 heterocycles. The maximum atomic E-state index is 5.07. The van der Waals surface area contributed by atoms with Gasteiger partial charge in [0.25, 0.3) is 0 Å². The summed E-state index contributed by atoms with van der Waals surface area (Å²) in [6.45, 7) is 8.52. The van der Waals surface area contributed by atoms with Gasteiger partial charge >= 0.3 is 0 Å². The van der Waals surface area contributed by atoms with E-state index >= 15 is 0 Å². The molecule has 0 aromatic heterocycles. The van der Waals surface area contributed by atoms with E-state index < -0.39 is 0 Å². The van der Waals surface area contributed by atoms with Crippen LogP contribution in [-0.2, 0) is 4.74 Å². The molecule has 13 heavy (non-hydrogen) atoms. The zero-order valence-corrected chi connectivity index (χ0v) is 9.25. The monoisotopic (exact) mass is 185 g/mol. The molecule has 0 N–H and O–H groups in total. The summed E-state index contributed by atoms with van der Waals surface area (Å²) in [5, 5.41) is 0. The third-order valence-electron chi connectivity index (χ3n) is 2.00. The Bertz CT molecular complexity index is 123. The van der Waals surface area contributed by atoms with Crippen LogP contribution < -0.4 is 0 Å². The van der Waals surface area contributed by atoms with Gasteiger partial charge in [-0.05, 0) is 26.3 Å². The molecule has 0 aromatic rings. The summed E-state index contributed by atoms with van der Waals surface area (Å²) in [6, 6.07) is 0. The normalized spacial score (nSPS) is 11.7. The first-order chi connectivity index (χ1) is 6.35. The average molecular weight is 185 g/mol. The second-order valence-corrected chi connectivity index (χ2v) is 3.19. The predicted molar refractivity (Wildman–Crippen MR) is 58.0 cm³/mol. The van der Waals surface area contributed by atoms with E-state index in [0.717, 1.165) is 26.1 Å². The Kier molecular flexibility index (Phi) is 9.49. The van der Waals surface area contributed by atoms with Crippen molar-refractivity contribution in [3.05, 3.63) is 12.2 Å². The minimum absolute atomic E-state index is 0.843. The van der Waals surface area contributed by atoms with Gasteiger partial charge in [-0.15, -0.1) is 0 Å². The van der Waals surface area contributed by atoms with E-state index in [1.165, 1.54) is 13.0 Å². The average Bonchev–Trinajstić information content (AvgIpc) is 2.14. The first-order valence-electron chi connectivity index (χ1n) is 5.17. The molecule has 0 fully saturated rings. The molecule has 78 valence electrons. The highest BCUT2D eigenvalue weighted by Gasteiger charge is 2.00. The van der Waals surface area contributed by atoms with Crippen LogP contribution in [0.15, 0.2) is 12.2 Å². The van der Waals surface area contributed by atoms with Crippen molar-refractivity contribution >= 4 is 0 Å². The van der Waals surface area contributed by atoms with E-state index in [1.807, 2.05) is 0 Å². The van der Waals surface area contributed by atoms with Crippen molar-refractivity contribution in [3.8, 4) is 0 Å². The van der Waals surface area contributed by atoms with Gasteiger partial charge in [0, 0.05) is 20.2 Å². The van der Waals surface area contributed by atoms with Crippen molar-refractivity contribution in [1.82, 2.24) is 4.90 Å². The summed E-state index contributed by atoms with van der Waals surface area (Å²) in [7, 11) is 1.76. The Morgan fingerprint density at radius 2 is 2.00 bits per heavy atom. The summed E-state index contributed by atoms with van der Waals surface area (Å²) >= 11 is 0. The zero-order valence-electron chi connectivity index (χ0n) is 9.25. The third-order valence-corrected chi connectivity index (χ3v) is 2.00. The van der Waals surface area contributed by atoms with Crippen molar-refractivity contribution in [2.75, 3.05) is 33.4 Å².